The maximum Gasteiger partial charge on any atom is 0.232 e. The molecule has 0 bridgehead atoms. The van der Waals surface area contributed by atoms with Gasteiger partial charge in [-0.25, -0.2) is 8.42 Å². The van der Waals surface area contributed by atoms with Gasteiger partial charge < -0.3 is 5.73 Å². The van der Waals surface area contributed by atoms with E-state index in [1.54, 1.807) is 6.07 Å². The van der Waals surface area contributed by atoms with Gasteiger partial charge in [0.25, 0.3) is 0 Å². The summed E-state index contributed by atoms with van der Waals surface area (Å²) in [6.45, 7) is 0.469. The Morgan fingerprint density at radius 1 is 1.40 bits per heavy atom. The lowest BCUT2D eigenvalue weighted by Crippen LogP contribution is -2.37. The molecule has 0 amide bonds. The monoisotopic (exact) mass is 226 g/mol. The van der Waals surface area contributed by atoms with Crippen LogP contribution in [0.15, 0.2) is 24.3 Å². The summed E-state index contributed by atoms with van der Waals surface area (Å²) >= 11 is 0. The van der Waals surface area contributed by atoms with Crippen LogP contribution < -0.4 is 10.0 Å². The number of benzene rings is 1. The molecule has 1 atom stereocenters. The molecule has 0 spiro atoms. The lowest BCUT2D eigenvalue weighted by Gasteiger charge is -2.32. The minimum Gasteiger partial charge on any atom is -0.324 e. The fourth-order valence-electron chi connectivity index (χ4n) is 1.90. The lowest BCUT2D eigenvalue weighted by molar-refractivity contribution is 0.579. The zero-order valence-electron chi connectivity index (χ0n) is 8.55. The van der Waals surface area contributed by atoms with Gasteiger partial charge in [-0.2, -0.15) is 0 Å². The first-order chi connectivity index (χ1) is 7.00. The summed E-state index contributed by atoms with van der Waals surface area (Å²) in [4.78, 5) is 0. The Balaban J connectivity index is 2.54. The molecule has 0 fully saturated rings. The van der Waals surface area contributed by atoms with Gasteiger partial charge in [0, 0.05) is 12.6 Å². The third-order valence-corrected chi connectivity index (χ3v) is 3.83. The number of sulfonamides is 1. The van der Waals surface area contributed by atoms with Crippen molar-refractivity contribution < 1.29 is 8.42 Å². The SMILES string of the molecule is CS(=O)(=O)N1CC[C@H](N)c2ccccc21. The fourth-order valence-corrected chi connectivity index (χ4v) is 2.87. The molecule has 0 unspecified atom stereocenters. The molecular formula is C10H14N2O2S. The number of para-hydroxylation sites is 1. The highest BCUT2D eigenvalue weighted by atomic mass is 32.2. The smallest absolute Gasteiger partial charge is 0.232 e. The lowest BCUT2D eigenvalue weighted by atomic mass is 9.99. The van der Waals surface area contributed by atoms with E-state index in [0.29, 0.717) is 13.0 Å². The van der Waals surface area contributed by atoms with Crippen molar-refractivity contribution in [3.63, 3.8) is 0 Å². The number of hydrogen-bond donors (Lipinski definition) is 1. The van der Waals surface area contributed by atoms with Gasteiger partial charge in [-0.3, -0.25) is 4.31 Å². The molecule has 0 saturated heterocycles. The predicted molar refractivity (Wildman–Crippen MR) is 60.2 cm³/mol. The molecule has 0 aromatic heterocycles. The Labute approximate surface area is 89.7 Å². The van der Waals surface area contributed by atoms with Crippen LogP contribution in [-0.2, 0) is 10.0 Å². The Hall–Kier alpha value is -1.07. The standard InChI is InChI=1S/C10H14N2O2S/c1-15(13,14)12-7-6-9(11)8-4-2-3-5-10(8)12/h2-5,9H,6-7,11H2,1H3/t9-/m0/s1. The summed E-state index contributed by atoms with van der Waals surface area (Å²) in [6.07, 6.45) is 1.89. The molecule has 1 aromatic rings. The Morgan fingerprint density at radius 2 is 2.07 bits per heavy atom. The van der Waals surface area contributed by atoms with Gasteiger partial charge in [0.15, 0.2) is 0 Å². The second-order valence-corrected chi connectivity index (χ2v) is 5.70. The van der Waals surface area contributed by atoms with E-state index in [-0.39, 0.29) is 6.04 Å². The molecule has 1 aliphatic rings. The molecule has 0 radical (unpaired) electrons. The molecule has 1 heterocycles. The topological polar surface area (TPSA) is 63.4 Å². The third kappa shape index (κ3) is 1.85. The van der Waals surface area contributed by atoms with Crippen molar-refractivity contribution in [1.82, 2.24) is 0 Å². The molecular weight excluding hydrogens is 212 g/mol. The first-order valence-electron chi connectivity index (χ1n) is 4.82. The van der Waals surface area contributed by atoms with E-state index in [2.05, 4.69) is 0 Å². The van der Waals surface area contributed by atoms with E-state index in [9.17, 15) is 8.42 Å². The third-order valence-electron chi connectivity index (χ3n) is 2.65. The largest absolute Gasteiger partial charge is 0.324 e. The van der Waals surface area contributed by atoms with Crippen LogP contribution in [0.3, 0.4) is 0 Å². The van der Waals surface area contributed by atoms with E-state index >= 15 is 0 Å². The summed E-state index contributed by atoms with van der Waals surface area (Å²) in [5.41, 5.74) is 7.56. The number of hydrogen-bond acceptors (Lipinski definition) is 3. The van der Waals surface area contributed by atoms with E-state index in [1.165, 1.54) is 10.6 Å². The highest BCUT2D eigenvalue weighted by Crippen LogP contribution is 2.33. The number of fused-ring (bicyclic) bond motifs is 1. The van der Waals surface area contributed by atoms with Crippen molar-refractivity contribution in [1.29, 1.82) is 0 Å². The summed E-state index contributed by atoms with van der Waals surface area (Å²) in [5, 5.41) is 0. The van der Waals surface area contributed by atoms with Crippen LogP contribution in [-0.4, -0.2) is 21.2 Å². The van der Waals surface area contributed by atoms with Gasteiger partial charge in [0.2, 0.25) is 10.0 Å². The molecule has 2 rings (SSSR count). The zero-order valence-corrected chi connectivity index (χ0v) is 9.37. The number of rotatable bonds is 1. The number of nitrogens with zero attached hydrogens (tertiary/aromatic N) is 1. The molecule has 2 N–H and O–H groups in total. The number of anilines is 1. The minimum absolute atomic E-state index is 0.0563. The number of nitrogens with two attached hydrogens (primary N) is 1. The van der Waals surface area contributed by atoms with Crippen molar-refractivity contribution in [3.05, 3.63) is 29.8 Å². The average Bonchev–Trinajstić information content (AvgIpc) is 2.17. The van der Waals surface area contributed by atoms with Crippen molar-refractivity contribution in [2.75, 3.05) is 17.1 Å². The Morgan fingerprint density at radius 3 is 2.73 bits per heavy atom. The highest BCUT2D eigenvalue weighted by molar-refractivity contribution is 7.92. The molecule has 15 heavy (non-hydrogen) atoms. The normalized spacial score (nSPS) is 21.2. The van der Waals surface area contributed by atoms with Crippen molar-refractivity contribution in [2.24, 2.45) is 5.73 Å². The first kappa shape index (κ1) is 10.4. The van der Waals surface area contributed by atoms with Gasteiger partial charge in [0.1, 0.15) is 0 Å². The highest BCUT2D eigenvalue weighted by Gasteiger charge is 2.27. The van der Waals surface area contributed by atoms with Crippen molar-refractivity contribution in [3.8, 4) is 0 Å². The average molecular weight is 226 g/mol. The van der Waals surface area contributed by atoms with Gasteiger partial charge in [-0.1, -0.05) is 18.2 Å². The second-order valence-electron chi connectivity index (χ2n) is 3.79. The second kappa shape index (κ2) is 3.50. The van der Waals surface area contributed by atoms with E-state index in [4.69, 9.17) is 5.73 Å². The maximum absolute atomic E-state index is 11.5. The first-order valence-corrected chi connectivity index (χ1v) is 6.67. The van der Waals surface area contributed by atoms with Crippen LogP contribution >= 0.6 is 0 Å². The summed E-state index contributed by atoms with van der Waals surface area (Å²) in [7, 11) is -3.18. The maximum atomic E-state index is 11.5. The molecule has 1 aromatic carbocycles. The summed E-state index contributed by atoms with van der Waals surface area (Å²) < 4.78 is 24.5. The minimum atomic E-state index is -3.18. The van der Waals surface area contributed by atoms with E-state index < -0.39 is 10.0 Å². The van der Waals surface area contributed by atoms with Crippen LogP contribution in [0.1, 0.15) is 18.0 Å². The van der Waals surface area contributed by atoms with E-state index in [0.717, 1.165) is 11.3 Å². The molecule has 5 heteroatoms. The summed E-state index contributed by atoms with van der Waals surface area (Å²) in [5.74, 6) is 0. The van der Waals surface area contributed by atoms with Crippen LogP contribution in [0.4, 0.5) is 5.69 Å². The Kier molecular flexibility index (Phi) is 2.44. The molecule has 0 saturated carbocycles. The van der Waals surface area contributed by atoms with Crippen LogP contribution in [0.2, 0.25) is 0 Å². The van der Waals surface area contributed by atoms with Gasteiger partial charge in [0.05, 0.1) is 11.9 Å². The van der Waals surface area contributed by atoms with Crippen LogP contribution in [0, 0.1) is 0 Å². The molecule has 1 aliphatic heterocycles. The van der Waals surface area contributed by atoms with Crippen LogP contribution in [0.5, 0.6) is 0 Å². The summed E-state index contributed by atoms with van der Waals surface area (Å²) in [6, 6.07) is 7.34. The fraction of sp³-hybridized carbons (Fsp3) is 0.400. The van der Waals surface area contributed by atoms with Crippen LogP contribution in [0.25, 0.3) is 0 Å². The van der Waals surface area contributed by atoms with Gasteiger partial charge >= 0.3 is 0 Å². The molecule has 82 valence electrons. The quantitative estimate of drug-likeness (QED) is 0.772. The zero-order chi connectivity index (χ0) is 11.1. The van der Waals surface area contributed by atoms with Crippen molar-refractivity contribution >= 4 is 15.7 Å². The van der Waals surface area contributed by atoms with Gasteiger partial charge in [-0.15, -0.1) is 0 Å². The molecule has 0 aliphatic carbocycles. The molecule has 4 nitrogen and oxygen atoms in total. The Bertz CT molecular complexity index is 470. The van der Waals surface area contributed by atoms with Gasteiger partial charge in [-0.05, 0) is 18.1 Å². The van der Waals surface area contributed by atoms with Crippen molar-refractivity contribution in [2.45, 2.75) is 12.5 Å². The predicted octanol–water partition coefficient (Wildman–Crippen LogP) is 0.856. The van der Waals surface area contributed by atoms with E-state index in [1.807, 2.05) is 18.2 Å².